The molecule has 2 aromatic rings. The van der Waals surface area contributed by atoms with Gasteiger partial charge in [-0.15, -0.1) is 0 Å². The predicted molar refractivity (Wildman–Crippen MR) is 110 cm³/mol. The normalized spacial score (nSPS) is 19.4. The van der Waals surface area contributed by atoms with Crippen molar-refractivity contribution in [2.45, 2.75) is 19.4 Å². The number of fused-ring (bicyclic) bond motifs is 2. The van der Waals surface area contributed by atoms with Crippen LogP contribution in [0.4, 0.5) is 5.69 Å². The van der Waals surface area contributed by atoms with E-state index in [4.69, 9.17) is 4.74 Å². The molecular formula is C23H27N3O2. The Morgan fingerprint density at radius 2 is 1.71 bits per heavy atom. The summed E-state index contributed by atoms with van der Waals surface area (Å²) < 4.78 is 5.60. The Labute approximate surface area is 166 Å². The number of piperazine rings is 1. The monoisotopic (exact) mass is 377 g/mol. The van der Waals surface area contributed by atoms with Gasteiger partial charge < -0.3 is 9.64 Å². The average Bonchev–Trinajstić information content (AvgIpc) is 3.36. The molecule has 1 saturated heterocycles. The highest BCUT2D eigenvalue weighted by Crippen LogP contribution is 2.28. The lowest BCUT2D eigenvalue weighted by atomic mass is 10.1. The minimum atomic E-state index is 0.233. The number of ether oxygens (including phenoxy) is 1. The summed E-state index contributed by atoms with van der Waals surface area (Å²) in [5.74, 6) is 1.28. The van der Waals surface area contributed by atoms with Gasteiger partial charge in [-0.3, -0.25) is 14.6 Å². The van der Waals surface area contributed by atoms with Crippen LogP contribution in [-0.4, -0.2) is 61.6 Å². The Morgan fingerprint density at radius 1 is 0.893 bits per heavy atom. The smallest absolute Gasteiger partial charge is 0.241 e. The average molecular weight is 377 g/mol. The van der Waals surface area contributed by atoms with Crippen molar-refractivity contribution in [3.05, 3.63) is 59.2 Å². The molecule has 0 aliphatic carbocycles. The number of nitrogens with zero attached hydrogens (tertiary/aromatic N) is 3. The molecule has 2 aromatic carbocycles. The van der Waals surface area contributed by atoms with Gasteiger partial charge >= 0.3 is 0 Å². The fourth-order valence-electron chi connectivity index (χ4n) is 4.58. The van der Waals surface area contributed by atoms with Gasteiger partial charge in [-0.05, 0) is 35.2 Å². The number of rotatable bonds is 4. The third-order valence-electron chi connectivity index (χ3n) is 6.17. The van der Waals surface area contributed by atoms with E-state index < -0.39 is 0 Å². The lowest BCUT2D eigenvalue weighted by molar-refractivity contribution is -0.120. The molecule has 5 nitrogen and oxygen atoms in total. The van der Waals surface area contributed by atoms with E-state index in [-0.39, 0.29) is 5.91 Å². The second-order valence-corrected chi connectivity index (χ2v) is 8.02. The van der Waals surface area contributed by atoms with Crippen LogP contribution in [0.15, 0.2) is 42.5 Å². The highest BCUT2D eigenvalue weighted by molar-refractivity contribution is 5.96. The number of carbonyl (C=O) groups is 1. The Bertz CT molecular complexity index is 874. The van der Waals surface area contributed by atoms with Crippen LogP contribution in [0.1, 0.15) is 16.7 Å². The summed E-state index contributed by atoms with van der Waals surface area (Å²) in [6, 6.07) is 14.9. The van der Waals surface area contributed by atoms with E-state index in [1.807, 2.05) is 11.0 Å². The van der Waals surface area contributed by atoms with Crippen LogP contribution in [0.5, 0.6) is 5.75 Å². The molecule has 0 radical (unpaired) electrons. The number of hydrogen-bond acceptors (Lipinski definition) is 4. The van der Waals surface area contributed by atoms with Gasteiger partial charge in [0.1, 0.15) is 5.75 Å². The van der Waals surface area contributed by atoms with Crippen molar-refractivity contribution < 1.29 is 9.53 Å². The maximum Gasteiger partial charge on any atom is 0.241 e. The number of anilines is 1. The van der Waals surface area contributed by atoms with Crippen molar-refractivity contribution >= 4 is 11.6 Å². The molecule has 1 fully saturated rings. The van der Waals surface area contributed by atoms with E-state index in [1.165, 1.54) is 16.7 Å². The molecule has 146 valence electrons. The van der Waals surface area contributed by atoms with Gasteiger partial charge in [-0.1, -0.05) is 30.3 Å². The summed E-state index contributed by atoms with van der Waals surface area (Å²) in [4.78, 5) is 19.6. The number of benzene rings is 2. The first-order valence-electron chi connectivity index (χ1n) is 10.3. The Morgan fingerprint density at radius 3 is 2.61 bits per heavy atom. The Balaban J connectivity index is 1.13. The third-order valence-corrected chi connectivity index (χ3v) is 6.17. The topological polar surface area (TPSA) is 36.0 Å². The van der Waals surface area contributed by atoms with E-state index in [0.717, 1.165) is 70.2 Å². The number of amides is 1. The fourth-order valence-corrected chi connectivity index (χ4v) is 4.58. The maximum atomic E-state index is 12.8. The van der Waals surface area contributed by atoms with Gasteiger partial charge in [0.15, 0.2) is 0 Å². The van der Waals surface area contributed by atoms with Crippen molar-refractivity contribution in [2.24, 2.45) is 0 Å². The lowest BCUT2D eigenvalue weighted by Gasteiger charge is -2.35. The van der Waals surface area contributed by atoms with Crippen molar-refractivity contribution in [1.82, 2.24) is 9.80 Å². The highest BCUT2D eigenvalue weighted by atomic mass is 16.5. The molecule has 0 N–H and O–H groups in total. The first kappa shape index (κ1) is 17.7. The van der Waals surface area contributed by atoms with Gasteiger partial charge in [-0.25, -0.2) is 0 Å². The first-order valence-corrected chi connectivity index (χ1v) is 10.3. The molecular weight excluding hydrogens is 350 g/mol. The van der Waals surface area contributed by atoms with Crippen molar-refractivity contribution in [1.29, 1.82) is 0 Å². The van der Waals surface area contributed by atoms with Crippen molar-refractivity contribution in [3.63, 3.8) is 0 Å². The molecule has 3 aliphatic heterocycles. The van der Waals surface area contributed by atoms with E-state index in [9.17, 15) is 4.79 Å². The Kier molecular flexibility index (Phi) is 4.79. The zero-order valence-electron chi connectivity index (χ0n) is 16.3. The lowest BCUT2D eigenvalue weighted by Crippen LogP contribution is -2.49. The van der Waals surface area contributed by atoms with E-state index in [0.29, 0.717) is 6.54 Å². The minimum absolute atomic E-state index is 0.233. The third kappa shape index (κ3) is 3.52. The molecule has 5 heteroatoms. The van der Waals surface area contributed by atoms with E-state index >= 15 is 0 Å². The van der Waals surface area contributed by atoms with Crippen LogP contribution in [0.25, 0.3) is 0 Å². The van der Waals surface area contributed by atoms with Crippen molar-refractivity contribution in [2.75, 3.05) is 50.8 Å². The van der Waals surface area contributed by atoms with Crippen LogP contribution in [-0.2, 0) is 24.2 Å². The van der Waals surface area contributed by atoms with E-state index in [1.54, 1.807) is 0 Å². The number of para-hydroxylation sites is 1. The Hall–Kier alpha value is -2.37. The largest absolute Gasteiger partial charge is 0.493 e. The highest BCUT2D eigenvalue weighted by Gasteiger charge is 2.27. The molecule has 3 heterocycles. The van der Waals surface area contributed by atoms with Gasteiger partial charge in [0.05, 0.1) is 13.2 Å². The molecule has 0 saturated carbocycles. The second kappa shape index (κ2) is 7.57. The summed E-state index contributed by atoms with van der Waals surface area (Å²) >= 11 is 0. The van der Waals surface area contributed by atoms with Crippen LogP contribution in [0.2, 0.25) is 0 Å². The standard InChI is InChI=1S/C23H27N3O2/c27-23(26-9-7-19-3-1-2-4-21(19)26)17-25-12-10-24(11-13-25)16-18-5-6-22-20(15-18)8-14-28-22/h1-6,15H,7-14,16-17H2. The molecule has 28 heavy (non-hydrogen) atoms. The fraction of sp³-hybridized carbons (Fsp3) is 0.435. The molecule has 0 atom stereocenters. The van der Waals surface area contributed by atoms with Crippen LogP contribution >= 0.6 is 0 Å². The zero-order valence-corrected chi connectivity index (χ0v) is 16.3. The number of hydrogen-bond donors (Lipinski definition) is 0. The summed E-state index contributed by atoms with van der Waals surface area (Å²) in [5.41, 5.74) is 5.10. The quantitative estimate of drug-likeness (QED) is 0.819. The summed E-state index contributed by atoms with van der Waals surface area (Å²) in [6.07, 6.45) is 2.00. The first-order chi connectivity index (χ1) is 13.8. The molecule has 0 aromatic heterocycles. The molecule has 1 amide bonds. The van der Waals surface area contributed by atoms with Gasteiger partial charge in [0.2, 0.25) is 5.91 Å². The molecule has 0 unspecified atom stereocenters. The van der Waals surface area contributed by atoms with Crippen LogP contribution in [0, 0.1) is 0 Å². The van der Waals surface area contributed by atoms with Gasteiger partial charge in [0, 0.05) is 51.4 Å². The molecule has 3 aliphatic rings. The molecule has 0 bridgehead atoms. The zero-order chi connectivity index (χ0) is 18.9. The van der Waals surface area contributed by atoms with Gasteiger partial charge in [0.25, 0.3) is 0 Å². The van der Waals surface area contributed by atoms with E-state index in [2.05, 4.69) is 46.2 Å². The minimum Gasteiger partial charge on any atom is -0.493 e. The maximum absolute atomic E-state index is 12.8. The summed E-state index contributed by atoms with van der Waals surface area (Å²) in [5, 5.41) is 0. The van der Waals surface area contributed by atoms with Crippen LogP contribution in [0.3, 0.4) is 0 Å². The molecule has 5 rings (SSSR count). The van der Waals surface area contributed by atoms with Crippen molar-refractivity contribution in [3.8, 4) is 5.75 Å². The SMILES string of the molecule is O=C(CN1CCN(Cc2ccc3c(c2)CCO3)CC1)N1CCc2ccccc21. The summed E-state index contributed by atoms with van der Waals surface area (Å²) in [7, 11) is 0. The predicted octanol–water partition coefficient (Wildman–Crippen LogP) is 2.33. The molecule has 0 spiro atoms. The summed E-state index contributed by atoms with van der Waals surface area (Å²) in [6.45, 7) is 7.07. The second-order valence-electron chi connectivity index (χ2n) is 8.02. The van der Waals surface area contributed by atoms with Gasteiger partial charge in [-0.2, -0.15) is 0 Å². The number of carbonyl (C=O) groups excluding carboxylic acids is 1. The van der Waals surface area contributed by atoms with Crippen LogP contribution < -0.4 is 9.64 Å².